The van der Waals surface area contributed by atoms with Gasteiger partial charge in [-0.25, -0.2) is 0 Å². The minimum atomic E-state index is 0.216. The van der Waals surface area contributed by atoms with Crippen molar-refractivity contribution < 1.29 is 0 Å². The molecule has 0 unspecified atom stereocenters. The van der Waals surface area contributed by atoms with Gasteiger partial charge in [0.15, 0.2) is 0 Å². The van der Waals surface area contributed by atoms with Crippen molar-refractivity contribution in [3.63, 3.8) is 0 Å². The summed E-state index contributed by atoms with van der Waals surface area (Å²) >= 11 is 0. The maximum absolute atomic E-state index is 4.73. The molecule has 1 heterocycles. The summed E-state index contributed by atoms with van der Waals surface area (Å²) in [4.78, 5) is 7.10. The Kier molecular flexibility index (Phi) is 5.95. The van der Waals surface area contributed by atoms with Gasteiger partial charge in [0.2, 0.25) is 0 Å². The fourth-order valence-electron chi connectivity index (χ4n) is 1.75. The van der Waals surface area contributed by atoms with E-state index in [1.807, 2.05) is 0 Å². The van der Waals surface area contributed by atoms with Crippen molar-refractivity contribution in [2.75, 3.05) is 7.05 Å². The third-order valence-electron chi connectivity index (χ3n) is 3.85. The third-order valence-corrected chi connectivity index (χ3v) is 3.85. The van der Waals surface area contributed by atoms with Crippen LogP contribution in [0.15, 0.2) is 18.2 Å². The predicted molar refractivity (Wildman–Crippen MR) is 82.0 cm³/mol. The molecular weight excluding hydrogens is 234 g/mol. The lowest BCUT2D eigenvalue weighted by Gasteiger charge is -2.34. The fourth-order valence-corrected chi connectivity index (χ4v) is 1.75. The summed E-state index contributed by atoms with van der Waals surface area (Å²) in [5.41, 5.74) is 2.48. The van der Waals surface area contributed by atoms with Crippen LogP contribution in [0.2, 0.25) is 0 Å². The quantitative estimate of drug-likeness (QED) is 0.819. The highest BCUT2D eigenvalue weighted by Crippen LogP contribution is 2.18. The molecule has 0 amide bonds. The lowest BCUT2D eigenvalue weighted by Crippen LogP contribution is -2.40. The molecule has 0 bridgehead atoms. The van der Waals surface area contributed by atoms with Gasteiger partial charge in [-0.1, -0.05) is 26.8 Å². The zero-order valence-corrected chi connectivity index (χ0v) is 13.3. The third kappa shape index (κ3) is 5.29. The molecule has 108 valence electrons. The molecule has 0 saturated heterocycles. The van der Waals surface area contributed by atoms with Crippen molar-refractivity contribution in [2.24, 2.45) is 0 Å². The van der Waals surface area contributed by atoms with Gasteiger partial charge in [-0.05, 0) is 39.4 Å². The van der Waals surface area contributed by atoms with Crippen LogP contribution in [0.25, 0.3) is 0 Å². The molecule has 0 aromatic carbocycles. The Morgan fingerprint density at radius 3 is 2.47 bits per heavy atom. The Balaban J connectivity index is 2.66. The first-order chi connectivity index (χ1) is 8.85. The maximum atomic E-state index is 4.73. The molecule has 1 N–H and O–H groups in total. The van der Waals surface area contributed by atoms with Gasteiger partial charge in [-0.15, -0.1) is 0 Å². The standard InChI is InChI=1S/C16H29N3/c1-7-16(4,5)19(6)12-15-10-8-9-14(18-15)11-17-13(2)3/h8-10,13,17H,7,11-12H2,1-6H3. The molecular formula is C16H29N3. The average molecular weight is 263 g/mol. The van der Waals surface area contributed by atoms with Gasteiger partial charge >= 0.3 is 0 Å². The second-order valence-electron chi connectivity index (χ2n) is 6.18. The second-order valence-corrected chi connectivity index (χ2v) is 6.18. The fraction of sp³-hybridized carbons (Fsp3) is 0.688. The lowest BCUT2D eigenvalue weighted by molar-refractivity contribution is 0.141. The largest absolute Gasteiger partial charge is 0.309 e. The molecule has 0 aliphatic carbocycles. The van der Waals surface area contributed by atoms with Crippen LogP contribution in [0.3, 0.4) is 0 Å². The van der Waals surface area contributed by atoms with Gasteiger partial charge in [-0.2, -0.15) is 0 Å². The summed E-state index contributed by atoms with van der Waals surface area (Å²) in [7, 11) is 2.17. The molecule has 0 aliphatic rings. The van der Waals surface area contributed by atoms with Crippen LogP contribution in [0.5, 0.6) is 0 Å². The van der Waals surface area contributed by atoms with Crippen LogP contribution in [0.1, 0.15) is 52.4 Å². The maximum Gasteiger partial charge on any atom is 0.0547 e. The Hall–Kier alpha value is -0.930. The topological polar surface area (TPSA) is 28.2 Å². The number of hydrogen-bond acceptors (Lipinski definition) is 3. The number of nitrogens with zero attached hydrogens (tertiary/aromatic N) is 2. The van der Waals surface area contributed by atoms with E-state index in [9.17, 15) is 0 Å². The van der Waals surface area contributed by atoms with Crippen LogP contribution in [-0.2, 0) is 13.1 Å². The molecule has 1 rings (SSSR count). The lowest BCUT2D eigenvalue weighted by atomic mass is 10.00. The molecule has 0 fully saturated rings. The molecule has 0 spiro atoms. The van der Waals surface area contributed by atoms with Crippen molar-refractivity contribution in [3.8, 4) is 0 Å². The van der Waals surface area contributed by atoms with Gasteiger partial charge in [-0.3, -0.25) is 9.88 Å². The Morgan fingerprint density at radius 2 is 1.89 bits per heavy atom. The molecule has 0 aliphatic heterocycles. The molecule has 3 nitrogen and oxygen atoms in total. The number of nitrogens with one attached hydrogen (secondary N) is 1. The van der Waals surface area contributed by atoms with E-state index in [-0.39, 0.29) is 5.54 Å². The number of aromatic nitrogens is 1. The van der Waals surface area contributed by atoms with E-state index in [1.165, 1.54) is 0 Å². The van der Waals surface area contributed by atoms with Crippen molar-refractivity contribution in [2.45, 2.75) is 65.7 Å². The average Bonchev–Trinajstić information content (AvgIpc) is 2.36. The molecule has 0 saturated carbocycles. The minimum Gasteiger partial charge on any atom is -0.309 e. The molecule has 0 atom stereocenters. The summed E-state index contributed by atoms with van der Waals surface area (Å²) < 4.78 is 0. The van der Waals surface area contributed by atoms with Gasteiger partial charge in [0.05, 0.1) is 11.4 Å². The van der Waals surface area contributed by atoms with Crippen LogP contribution in [0.4, 0.5) is 0 Å². The summed E-state index contributed by atoms with van der Waals surface area (Å²) in [5, 5.41) is 3.41. The molecule has 19 heavy (non-hydrogen) atoms. The number of pyridine rings is 1. The van der Waals surface area contributed by atoms with E-state index < -0.39 is 0 Å². The first-order valence-electron chi connectivity index (χ1n) is 7.24. The first-order valence-corrected chi connectivity index (χ1v) is 7.24. The summed E-state index contributed by atoms with van der Waals surface area (Å²) in [6, 6.07) is 6.80. The molecule has 1 aromatic heterocycles. The summed E-state index contributed by atoms with van der Waals surface area (Å²) in [6.07, 6.45) is 1.14. The highest BCUT2D eigenvalue weighted by molar-refractivity contribution is 5.11. The predicted octanol–water partition coefficient (Wildman–Crippen LogP) is 3.20. The molecule has 0 radical (unpaired) electrons. The zero-order chi connectivity index (χ0) is 14.5. The van der Waals surface area contributed by atoms with E-state index in [1.54, 1.807) is 0 Å². The van der Waals surface area contributed by atoms with E-state index in [0.29, 0.717) is 6.04 Å². The van der Waals surface area contributed by atoms with Crippen molar-refractivity contribution >= 4 is 0 Å². The van der Waals surface area contributed by atoms with Gasteiger partial charge in [0.25, 0.3) is 0 Å². The summed E-state index contributed by atoms with van der Waals surface area (Å²) in [6.45, 7) is 12.8. The zero-order valence-electron chi connectivity index (χ0n) is 13.3. The normalized spacial score (nSPS) is 12.4. The van der Waals surface area contributed by atoms with Crippen molar-refractivity contribution in [3.05, 3.63) is 29.6 Å². The van der Waals surface area contributed by atoms with Gasteiger partial charge < -0.3 is 5.32 Å². The van der Waals surface area contributed by atoms with Crippen LogP contribution in [-0.4, -0.2) is 28.5 Å². The van der Waals surface area contributed by atoms with Crippen LogP contribution < -0.4 is 5.32 Å². The van der Waals surface area contributed by atoms with E-state index in [2.05, 4.69) is 70.1 Å². The van der Waals surface area contributed by atoms with E-state index >= 15 is 0 Å². The monoisotopic (exact) mass is 263 g/mol. The van der Waals surface area contributed by atoms with E-state index in [0.717, 1.165) is 30.9 Å². The van der Waals surface area contributed by atoms with Gasteiger partial charge in [0, 0.05) is 24.7 Å². The second kappa shape index (κ2) is 7.01. The molecule has 1 aromatic rings. The highest BCUT2D eigenvalue weighted by Gasteiger charge is 2.21. The Morgan fingerprint density at radius 1 is 1.26 bits per heavy atom. The number of hydrogen-bond donors (Lipinski definition) is 1. The summed E-state index contributed by atoms with van der Waals surface area (Å²) in [5.74, 6) is 0. The van der Waals surface area contributed by atoms with Crippen molar-refractivity contribution in [1.29, 1.82) is 0 Å². The highest BCUT2D eigenvalue weighted by atomic mass is 15.2. The molecule has 3 heteroatoms. The minimum absolute atomic E-state index is 0.216. The van der Waals surface area contributed by atoms with Gasteiger partial charge in [0.1, 0.15) is 0 Å². The Bertz CT molecular complexity index is 385. The van der Waals surface area contributed by atoms with Crippen LogP contribution >= 0.6 is 0 Å². The smallest absolute Gasteiger partial charge is 0.0547 e. The SMILES string of the molecule is CCC(C)(C)N(C)Cc1cccc(CNC(C)C)n1. The first kappa shape index (κ1) is 16.1. The number of rotatable bonds is 7. The van der Waals surface area contributed by atoms with Crippen LogP contribution in [0, 0.1) is 0 Å². The Labute approximate surface area is 118 Å². The van der Waals surface area contributed by atoms with E-state index in [4.69, 9.17) is 4.98 Å². The van der Waals surface area contributed by atoms with Crippen molar-refractivity contribution in [1.82, 2.24) is 15.2 Å².